The van der Waals surface area contributed by atoms with Gasteiger partial charge in [0.1, 0.15) is 0 Å². The summed E-state index contributed by atoms with van der Waals surface area (Å²) in [7, 11) is 0. The van der Waals surface area contributed by atoms with Crippen molar-refractivity contribution in [1.29, 1.82) is 0 Å². The van der Waals surface area contributed by atoms with Crippen LogP contribution in [0.25, 0.3) is 10.9 Å². The minimum absolute atomic E-state index is 0.165. The number of amides is 1. The lowest BCUT2D eigenvalue weighted by atomic mass is 10.1. The van der Waals surface area contributed by atoms with Crippen molar-refractivity contribution in [3.63, 3.8) is 0 Å². The lowest BCUT2D eigenvalue weighted by molar-refractivity contribution is 0.0595. The van der Waals surface area contributed by atoms with Crippen molar-refractivity contribution in [3.05, 3.63) is 36.0 Å². The second-order valence-electron chi connectivity index (χ2n) is 8.36. The topological polar surface area (TPSA) is 40.5 Å². The maximum Gasteiger partial charge on any atom is 0.253 e. The molecule has 1 amide bonds. The summed E-state index contributed by atoms with van der Waals surface area (Å²) in [4.78, 5) is 17.4. The fourth-order valence-corrected chi connectivity index (χ4v) is 4.59. The number of fused-ring (bicyclic) bond motifs is 1. The molecular formula is C22H32N4O. The lowest BCUT2D eigenvalue weighted by Gasteiger charge is -2.37. The molecule has 2 aromatic rings. The van der Waals surface area contributed by atoms with Crippen LogP contribution in [0.1, 0.15) is 50.0 Å². The van der Waals surface area contributed by atoms with Crippen LogP contribution in [0.15, 0.2) is 30.5 Å². The Kier molecular flexibility index (Phi) is 5.24. The molecule has 2 saturated heterocycles. The van der Waals surface area contributed by atoms with E-state index in [1.54, 1.807) is 0 Å². The number of piperazine rings is 1. The van der Waals surface area contributed by atoms with E-state index in [2.05, 4.69) is 60.0 Å². The van der Waals surface area contributed by atoms with E-state index < -0.39 is 0 Å². The van der Waals surface area contributed by atoms with Crippen molar-refractivity contribution in [2.24, 2.45) is 0 Å². The van der Waals surface area contributed by atoms with Gasteiger partial charge in [-0.25, -0.2) is 0 Å². The molecule has 0 spiro atoms. The number of hydrogen-bond donors (Lipinski definition) is 1. The summed E-state index contributed by atoms with van der Waals surface area (Å²) in [6, 6.07) is 9.86. The third-order valence-electron chi connectivity index (χ3n) is 6.42. The van der Waals surface area contributed by atoms with Crippen molar-refractivity contribution < 1.29 is 4.79 Å². The molecular weight excluding hydrogens is 336 g/mol. The van der Waals surface area contributed by atoms with E-state index >= 15 is 0 Å². The fraction of sp³-hybridized carbons (Fsp3) is 0.591. The molecule has 5 nitrogen and oxygen atoms in total. The number of aromatic nitrogens is 1. The Labute approximate surface area is 162 Å². The average molecular weight is 369 g/mol. The van der Waals surface area contributed by atoms with Gasteiger partial charge in [-0.1, -0.05) is 0 Å². The van der Waals surface area contributed by atoms with Crippen molar-refractivity contribution in [3.8, 4) is 0 Å². The predicted molar refractivity (Wildman–Crippen MR) is 110 cm³/mol. The van der Waals surface area contributed by atoms with E-state index in [4.69, 9.17) is 0 Å². The first kappa shape index (κ1) is 18.5. The van der Waals surface area contributed by atoms with Gasteiger partial charge in [-0.2, -0.15) is 0 Å². The lowest BCUT2D eigenvalue weighted by Crippen LogP contribution is -2.50. The predicted octanol–water partition coefficient (Wildman–Crippen LogP) is 3.12. The van der Waals surface area contributed by atoms with Gasteiger partial charge in [0.05, 0.1) is 0 Å². The molecule has 0 saturated carbocycles. The molecule has 2 aliphatic heterocycles. The Morgan fingerprint density at radius 1 is 1.11 bits per heavy atom. The highest BCUT2D eigenvalue weighted by molar-refractivity contribution is 5.98. The largest absolute Gasteiger partial charge is 0.343 e. The van der Waals surface area contributed by atoms with Gasteiger partial charge in [-0.15, -0.1) is 0 Å². The number of nitrogens with zero attached hydrogens (tertiary/aromatic N) is 3. The van der Waals surface area contributed by atoms with Crippen molar-refractivity contribution in [2.45, 2.75) is 51.7 Å². The molecule has 0 bridgehead atoms. The quantitative estimate of drug-likeness (QED) is 0.901. The zero-order valence-electron chi connectivity index (χ0n) is 16.8. The monoisotopic (exact) mass is 368 g/mol. The SMILES string of the molecule is CC(C)N1CCN(C(=O)c2ccc3c(ccn3[C@@H](C)C3CCCN3)c2)CC1. The summed E-state index contributed by atoms with van der Waals surface area (Å²) in [6.45, 7) is 11.4. The molecule has 4 rings (SSSR count). The van der Waals surface area contributed by atoms with Crippen LogP contribution in [0, 0.1) is 0 Å². The normalized spacial score (nSPS) is 22.7. The van der Waals surface area contributed by atoms with Gasteiger partial charge in [0.2, 0.25) is 0 Å². The Morgan fingerprint density at radius 3 is 2.56 bits per heavy atom. The Morgan fingerprint density at radius 2 is 1.89 bits per heavy atom. The van der Waals surface area contributed by atoms with Crippen LogP contribution < -0.4 is 5.32 Å². The third-order valence-corrected chi connectivity index (χ3v) is 6.42. The third kappa shape index (κ3) is 3.63. The van der Waals surface area contributed by atoms with Crippen LogP contribution in [0.2, 0.25) is 0 Å². The van der Waals surface area contributed by atoms with E-state index in [9.17, 15) is 4.79 Å². The molecule has 146 valence electrons. The summed E-state index contributed by atoms with van der Waals surface area (Å²) >= 11 is 0. The number of carbonyl (C=O) groups is 1. The Bertz CT molecular complexity index is 798. The van der Waals surface area contributed by atoms with Gasteiger partial charge in [0.15, 0.2) is 0 Å². The molecule has 2 fully saturated rings. The molecule has 2 atom stereocenters. The smallest absolute Gasteiger partial charge is 0.253 e. The first-order valence-corrected chi connectivity index (χ1v) is 10.4. The molecule has 1 unspecified atom stereocenters. The zero-order chi connectivity index (χ0) is 19.0. The number of benzene rings is 1. The molecule has 0 radical (unpaired) electrons. The van der Waals surface area contributed by atoms with Crippen molar-refractivity contribution >= 4 is 16.8 Å². The highest BCUT2D eigenvalue weighted by Gasteiger charge is 2.25. The van der Waals surface area contributed by atoms with Crippen LogP contribution in [0.4, 0.5) is 0 Å². The van der Waals surface area contributed by atoms with Crippen LogP contribution in [-0.4, -0.2) is 65.1 Å². The zero-order valence-corrected chi connectivity index (χ0v) is 16.8. The Hall–Kier alpha value is -1.85. The van der Waals surface area contributed by atoms with Gasteiger partial charge in [-0.05, 0) is 64.4 Å². The highest BCUT2D eigenvalue weighted by atomic mass is 16.2. The summed E-state index contributed by atoms with van der Waals surface area (Å²) in [6.07, 6.45) is 4.67. The maximum absolute atomic E-state index is 13.0. The second-order valence-corrected chi connectivity index (χ2v) is 8.36. The van der Waals surface area contributed by atoms with E-state index in [0.29, 0.717) is 18.1 Å². The molecule has 27 heavy (non-hydrogen) atoms. The van der Waals surface area contributed by atoms with Crippen LogP contribution in [-0.2, 0) is 0 Å². The number of rotatable bonds is 4. The van der Waals surface area contributed by atoms with E-state index in [1.165, 1.54) is 18.4 Å². The van der Waals surface area contributed by atoms with Crippen molar-refractivity contribution in [2.75, 3.05) is 32.7 Å². The van der Waals surface area contributed by atoms with E-state index in [-0.39, 0.29) is 5.91 Å². The molecule has 0 aliphatic carbocycles. The van der Waals surface area contributed by atoms with Crippen LogP contribution in [0.3, 0.4) is 0 Å². The summed E-state index contributed by atoms with van der Waals surface area (Å²) in [5.41, 5.74) is 2.03. The molecule has 2 aliphatic rings. The first-order valence-electron chi connectivity index (χ1n) is 10.4. The minimum Gasteiger partial charge on any atom is -0.343 e. The van der Waals surface area contributed by atoms with E-state index in [0.717, 1.165) is 43.7 Å². The average Bonchev–Trinajstić information content (AvgIpc) is 3.36. The van der Waals surface area contributed by atoms with Gasteiger partial charge < -0.3 is 14.8 Å². The molecule has 3 heterocycles. The summed E-state index contributed by atoms with van der Waals surface area (Å²) in [5.74, 6) is 0.165. The van der Waals surface area contributed by atoms with Crippen molar-refractivity contribution in [1.82, 2.24) is 19.7 Å². The van der Waals surface area contributed by atoms with E-state index in [1.807, 2.05) is 11.0 Å². The minimum atomic E-state index is 0.165. The van der Waals surface area contributed by atoms with Gasteiger partial charge in [-0.3, -0.25) is 9.69 Å². The van der Waals surface area contributed by atoms with Crippen LogP contribution >= 0.6 is 0 Å². The summed E-state index contributed by atoms with van der Waals surface area (Å²) in [5, 5.41) is 4.77. The molecule has 1 aromatic heterocycles. The Balaban J connectivity index is 1.50. The van der Waals surface area contributed by atoms with Crippen LogP contribution in [0.5, 0.6) is 0 Å². The number of hydrogen-bond acceptors (Lipinski definition) is 3. The second kappa shape index (κ2) is 7.64. The fourth-order valence-electron chi connectivity index (χ4n) is 4.59. The highest BCUT2D eigenvalue weighted by Crippen LogP contribution is 2.26. The van der Waals surface area contributed by atoms with Gasteiger partial charge in [0.25, 0.3) is 5.91 Å². The maximum atomic E-state index is 13.0. The molecule has 5 heteroatoms. The molecule has 1 N–H and O–H groups in total. The summed E-state index contributed by atoms with van der Waals surface area (Å²) < 4.78 is 2.36. The standard InChI is InChI=1S/C22H32N4O/c1-16(2)24-11-13-25(14-12-24)22(27)19-6-7-21-18(15-19)8-10-26(21)17(3)20-5-4-9-23-20/h6-8,10,15-17,20,23H,4-5,9,11-14H2,1-3H3/t17-,20?/m0/s1. The first-order chi connectivity index (χ1) is 13.0. The number of carbonyl (C=O) groups excluding carboxylic acids is 1. The number of nitrogens with one attached hydrogen (secondary N) is 1. The molecule has 1 aromatic carbocycles. The van der Waals surface area contributed by atoms with Gasteiger partial charge >= 0.3 is 0 Å². The van der Waals surface area contributed by atoms with Gasteiger partial charge in [0, 0.05) is 67.0 Å².